The van der Waals surface area contributed by atoms with Gasteiger partial charge in [-0.3, -0.25) is 4.31 Å². The molecule has 1 aliphatic rings. The van der Waals surface area contributed by atoms with Crippen molar-refractivity contribution < 1.29 is 8.42 Å². The third kappa shape index (κ3) is 3.90. The van der Waals surface area contributed by atoms with Crippen LogP contribution < -0.4 is 4.31 Å². The molecule has 4 heteroatoms. The Bertz CT molecular complexity index is 795. The number of benzene rings is 2. The molecular formula is C21H27NO2S. The second-order valence-corrected chi connectivity index (χ2v) is 8.75. The summed E-state index contributed by atoms with van der Waals surface area (Å²) in [4.78, 5) is 0. The Balaban J connectivity index is 1.89. The smallest absolute Gasteiger partial charge is 0.235 e. The first-order chi connectivity index (χ1) is 12.0. The minimum Gasteiger partial charge on any atom is -0.263 e. The van der Waals surface area contributed by atoms with Crippen LogP contribution in [0.15, 0.2) is 48.5 Å². The van der Waals surface area contributed by atoms with Crippen molar-refractivity contribution in [2.45, 2.75) is 52.0 Å². The number of anilines is 1. The van der Waals surface area contributed by atoms with Crippen molar-refractivity contribution in [3.63, 3.8) is 0 Å². The van der Waals surface area contributed by atoms with E-state index in [1.54, 1.807) is 4.31 Å². The Hall–Kier alpha value is -1.81. The fourth-order valence-corrected chi connectivity index (χ4v) is 5.25. The van der Waals surface area contributed by atoms with E-state index in [-0.39, 0.29) is 11.8 Å². The van der Waals surface area contributed by atoms with Crippen LogP contribution in [0.25, 0.3) is 0 Å². The fourth-order valence-electron chi connectivity index (χ4n) is 3.48. The molecule has 1 fully saturated rings. The lowest BCUT2D eigenvalue weighted by Gasteiger charge is -2.26. The molecule has 0 bridgehead atoms. The maximum atomic E-state index is 12.7. The highest BCUT2D eigenvalue weighted by molar-refractivity contribution is 7.93. The van der Waals surface area contributed by atoms with Crippen molar-refractivity contribution in [2.24, 2.45) is 0 Å². The predicted molar refractivity (Wildman–Crippen MR) is 104 cm³/mol. The molecule has 3 nitrogen and oxygen atoms in total. The van der Waals surface area contributed by atoms with Gasteiger partial charge in [0.25, 0.3) is 0 Å². The molecule has 2 aromatic rings. The average Bonchev–Trinajstić information content (AvgIpc) is 2.95. The lowest BCUT2D eigenvalue weighted by Crippen LogP contribution is -2.28. The summed E-state index contributed by atoms with van der Waals surface area (Å²) in [5.41, 5.74) is 4.40. The van der Waals surface area contributed by atoms with Gasteiger partial charge in [-0.1, -0.05) is 56.7 Å². The lowest BCUT2D eigenvalue weighted by molar-refractivity contribution is 0.597. The molecule has 0 amide bonds. The van der Waals surface area contributed by atoms with Crippen LogP contribution in [-0.4, -0.2) is 14.2 Å². The Morgan fingerprint density at radius 3 is 2.20 bits per heavy atom. The fraction of sp³-hybridized carbons (Fsp3) is 0.429. The molecule has 0 aromatic heterocycles. The summed E-state index contributed by atoms with van der Waals surface area (Å²) in [7, 11) is -3.25. The number of aryl methyl sites for hydroxylation is 2. The normalized spacial score (nSPS) is 19.3. The molecule has 0 radical (unpaired) electrons. The predicted octanol–water partition coefficient (Wildman–Crippen LogP) is 4.87. The van der Waals surface area contributed by atoms with E-state index in [1.807, 2.05) is 12.1 Å². The zero-order valence-electron chi connectivity index (χ0n) is 15.1. The highest BCUT2D eigenvalue weighted by Crippen LogP contribution is 2.38. The number of rotatable bonds is 6. The topological polar surface area (TPSA) is 37.4 Å². The van der Waals surface area contributed by atoms with Crippen molar-refractivity contribution in [1.29, 1.82) is 0 Å². The van der Waals surface area contributed by atoms with E-state index in [1.165, 1.54) is 11.1 Å². The molecule has 1 saturated heterocycles. The van der Waals surface area contributed by atoms with Gasteiger partial charge in [0.1, 0.15) is 0 Å². The van der Waals surface area contributed by atoms with Gasteiger partial charge in [0.05, 0.1) is 17.5 Å². The molecule has 1 atom stereocenters. The van der Waals surface area contributed by atoms with Gasteiger partial charge < -0.3 is 0 Å². The van der Waals surface area contributed by atoms with E-state index in [9.17, 15) is 8.42 Å². The second-order valence-electron chi connectivity index (χ2n) is 6.78. The molecule has 0 aliphatic carbocycles. The van der Waals surface area contributed by atoms with Gasteiger partial charge in [-0.25, -0.2) is 8.42 Å². The molecule has 3 rings (SSSR count). The quantitative estimate of drug-likeness (QED) is 0.739. The van der Waals surface area contributed by atoms with Gasteiger partial charge in [-0.05, 0) is 54.5 Å². The molecule has 1 unspecified atom stereocenters. The van der Waals surface area contributed by atoms with E-state index >= 15 is 0 Å². The number of hydrogen-bond donors (Lipinski definition) is 0. The molecule has 0 N–H and O–H groups in total. The molecule has 2 aromatic carbocycles. The third-order valence-electron chi connectivity index (χ3n) is 5.01. The van der Waals surface area contributed by atoms with Gasteiger partial charge in [-0.2, -0.15) is 0 Å². The van der Waals surface area contributed by atoms with E-state index < -0.39 is 10.0 Å². The largest absolute Gasteiger partial charge is 0.263 e. The Morgan fingerprint density at radius 1 is 0.960 bits per heavy atom. The minimum atomic E-state index is -3.25. The van der Waals surface area contributed by atoms with E-state index in [0.717, 1.165) is 36.9 Å². The lowest BCUT2D eigenvalue weighted by atomic mass is 10.0. The van der Waals surface area contributed by atoms with Crippen molar-refractivity contribution in [1.82, 2.24) is 0 Å². The summed E-state index contributed by atoms with van der Waals surface area (Å²) in [5.74, 6) is 0.213. The van der Waals surface area contributed by atoms with Gasteiger partial charge in [-0.15, -0.1) is 0 Å². The van der Waals surface area contributed by atoms with Gasteiger partial charge in [0.15, 0.2) is 0 Å². The number of unbranched alkanes of at least 4 members (excludes halogenated alkanes) is 1. The van der Waals surface area contributed by atoms with Gasteiger partial charge in [0.2, 0.25) is 10.0 Å². The number of sulfonamides is 1. The van der Waals surface area contributed by atoms with Crippen LogP contribution in [0.1, 0.15) is 55.8 Å². The van der Waals surface area contributed by atoms with Crippen LogP contribution in [0, 0.1) is 0 Å². The Kier molecular flexibility index (Phi) is 5.48. The summed E-state index contributed by atoms with van der Waals surface area (Å²) >= 11 is 0. The first-order valence-electron chi connectivity index (χ1n) is 9.25. The monoisotopic (exact) mass is 357 g/mol. The van der Waals surface area contributed by atoms with Crippen LogP contribution in [-0.2, 0) is 22.9 Å². The van der Waals surface area contributed by atoms with Crippen LogP contribution in [0.5, 0.6) is 0 Å². The van der Waals surface area contributed by atoms with Crippen molar-refractivity contribution >= 4 is 15.7 Å². The molecule has 0 saturated carbocycles. The Morgan fingerprint density at radius 2 is 1.60 bits per heavy atom. The van der Waals surface area contributed by atoms with Crippen molar-refractivity contribution in [2.75, 3.05) is 10.1 Å². The van der Waals surface area contributed by atoms with Crippen molar-refractivity contribution in [3.05, 3.63) is 65.2 Å². The third-order valence-corrected chi connectivity index (χ3v) is 6.83. The summed E-state index contributed by atoms with van der Waals surface area (Å²) in [6.45, 7) is 4.31. The zero-order valence-corrected chi connectivity index (χ0v) is 15.9. The van der Waals surface area contributed by atoms with Gasteiger partial charge >= 0.3 is 0 Å². The van der Waals surface area contributed by atoms with E-state index in [0.29, 0.717) is 6.42 Å². The molecule has 1 heterocycles. The SMILES string of the molecule is CCCCc1ccc(N2C(c3ccc(CC)cc3)CCS2(=O)=O)cc1. The van der Waals surface area contributed by atoms with E-state index in [4.69, 9.17) is 0 Å². The average molecular weight is 358 g/mol. The molecule has 0 spiro atoms. The number of nitrogens with zero attached hydrogens (tertiary/aromatic N) is 1. The Labute approximate surface area is 151 Å². The van der Waals surface area contributed by atoms with Crippen molar-refractivity contribution in [3.8, 4) is 0 Å². The van der Waals surface area contributed by atoms with Crippen LogP contribution >= 0.6 is 0 Å². The molecular weight excluding hydrogens is 330 g/mol. The van der Waals surface area contributed by atoms with E-state index in [2.05, 4.69) is 50.2 Å². The van der Waals surface area contributed by atoms with Crippen LogP contribution in [0.2, 0.25) is 0 Å². The highest BCUT2D eigenvalue weighted by atomic mass is 32.2. The maximum absolute atomic E-state index is 12.7. The molecule has 25 heavy (non-hydrogen) atoms. The number of hydrogen-bond acceptors (Lipinski definition) is 2. The zero-order chi connectivity index (χ0) is 17.9. The first kappa shape index (κ1) is 18.0. The summed E-state index contributed by atoms with van der Waals surface area (Å²) in [6, 6.07) is 16.3. The van der Waals surface area contributed by atoms with Crippen LogP contribution in [0.3, 0.4) is 0 Å². The van der Waals surface area contributed by atoms with Crippen LogP contribution in [0.4, 0.5) is 5.69 Å². The minimum absolute atomic E-state index is 0.0996. The summed E-state index contributed by atoms with van der Waals surface area (Å²) < 4.78 is 26.9. The summed E-state index contributed by atoms with van der Waals surface area (Å²) in [5, 5.41) is 0. The first-order valence-corrected chi connectivity index (χ1v) is 10.9. The molecule has 134 valence electrons. The standard InChI is InChI=1S/C21H27NO2S/c1-3-5-6-18-9-13-20(14-10-18)22-21(15-16-25(22,23)24)19-11-7-17(4-2)8-12-19/h7-14,21H,3-6,15-16H2,1-2H3. The second kappa shape index (κ2) is 7.61. The molecule has 1 aliphatic heterocycles. The maximum Gasteiger partial charge on any atom is 0.235 e. The summed E-state index contributed by atoms with van der Waals surface area (Å²) in [6.07, 6.45) is 5.01. The van der Waals surface area contributed by atoms with Gasteiger partial charge in [0, 0.05) is 0 Å². The highest BCUT2D eigenvalue weighted by Gasteiger charge is 2.38.